The Morgan fingerprint density at radius 3 is 2.00 bits per heavy atom. The Kier molecular flexibility index (Phi) is 11.6. The Morgan fingerprint density at radius 1 is 0.806 bits per heavy atom. The molecule has 0 radical (unpaired) electrons. The molecule has 7 heteroatoms. The average Bonchev–Trinajstić information content (AvgIpc) is 2.63. The van der Waals surface area contributed by atoms with Crippen molar-refractivity contribution in [3.63, 3.8) is 0 Å². The molecule has 1 N–H and O–H groups in total. The highest BCUT2D eigenvalue weighted by Crippen LogP contribution is 2.19. The molecule has 7 nitrogen and oxygen atoms in total. The summed E-state index contributed by atoms with van der Waals surface area (Å²) in [6, 6.07) is 7.84. The molecule has 0 saturated heterocycles. The minimum atomic E-state index is -0.476. The first kappa shape index (κ1) is 26.9. The van der Waals surface area contributed by atoms with E-state index in [-0.39, 0.29) is 23.9 Å². The average molecular weight is 438 g/mol. The molecule has 0 bridgehead atoms. The SMILES string of the molecule is CC(C)(C)OC(=O)CCOCCOCCNC(=O)CCc1ccc(OC(C)(C)C)cc1. The molecule has 0 aliphatic rings. The molecule has 1 rings (SSSR count). The largest absolute Gasteiger partial charge is 0.488 e. The van der Waals surface area contributed by atoms with Crippen molar-refractivity contribution in [2.75, 3.05) is 33.0 Å². The van der Waals surface area contributed by atoms with Gasteiger partial charge in [0.25, 0.3) is 0 Å². The van der Waals surface area contributed by atoms with Crippen molar-refractivity contribution in [1.82, 2.24) is 5.32 Å². The van der Waals surface area contributed by atoms with Crippen LogP contribution in [0.15, 0.2) is 24.3 Å². The van der Waals surface area contributed by atoms with Crippen LogP contribution in [0.2, 0.25) is 0 Å². The Hall–Kier alpha value is -2.12. The molecule has 0 unspecified atom stereocenters. The third-order valence-corrected chi connectivity index (χ3v) is 3.80. The molecule has 1 aromatic carbocycles. The fourth-order valence-corrected chi connectivity index (χ4v) is 2.56. The summed E-state index contributed by atoms with van der Waals surface area (Å²) in [5.41, 5.74) is 0.391. The Bertz CT molecular complexity index is 658. The fraction of sp³-hybridized carbons (Fsp3) is 0.667. The number of aryl methyl sites for hydroxylation is 1. The Morgan fingerprint density at radius 2 is 1.42 bits per heavy atom. The van der Waals surface area contributed by atoms with E-state index in [1.54, 1.807) is 0 Å². The Balaban J connectivity index is 2.02. The van der Waals surface area contributed by atoms with Crippen LogP contribution in [-0.4, -0.2) is 56.1 Å². The summed E-state index contributed by atoms with van der Waals surface area (Å²) in [4.78, 5) is 23.5. The number of rotatable bonds is 13. The van der Waals surface area contributed by atoms with E-state index in [9.17, 15) is 9.59 Å². The third kappa shape index (κ3) is 15.3. The normalized spacial score (nSPS) is 11.8. The van der Waals surface area contributed by atoms with Crippen LogP contribution in [-0.2, 0) is 30.2 Å². The van der Waals surface area contributed by atoms with Gasteiger partial charge in [-0.25, -0.2) is 0 Å². The van der Waals surface area contributed by atoms with Crippen LogP contribution in [0.3, 0.4) is 0 Å². The smallest absolute Gasteiger partial charge is 0.308 e. The van der Waals surface area contributed by atoms with Crippen LogP contribution in [0.25, 0.3) is 0 Å². The number of hydrogen-bond acceptors (Lipinski definition) is 6. The van der Waals surface area contributed by atoms with E-state index in [1.165, 1.54) is 0 Å². The van der Waals surface area contributed by atoms with Gasteiger partial charge in [0.1, 0.15) is 17.0 Å². The summed E-state index contributed by atoms with van der Waals surface area (Å²) in [5, 5.41) is 2.84. The van der Waals surface area contributed by atoms with Crippen LogP contribution in [0.5, 0.6) is 5.75 Å². The van der Waals surface area contributed by atoms with Gasteiger partial charge in [0.2, 0.25) is 5.91 Å². The molecular formula is C24H39NO6. The summed E-state index contributed by atoms with van der Waals surface area (Å²) in [6.07, 6.45) is 1.32. The number of amides is 1. The first-order valence-electron chi connectivity index (χ1n) is 10.9. The lowest BCUT2D eigenvalue weighted by molar-refractivity contribution is -0.156. The summed E-state index contributed by atoms with van der Waals surface area (Å²) >= 11 is 0. The molecule has 0 saturated carbocycles. The van der Waals surface area contributed by atoms with Crippen LogP contribution in [0, 0.1) is 0 Å². The molecular weight excluding hydrogens is 398 g/mol. The molecule has 176 valence electrons. The summed E-state index contributed by atoms with van der Waals surface area (Å²) < 4.78 is 21.8. The van der Waals surface area contributed by atoms with E-state index in [4.69, 9.17) is 18.9 Å². The lowest BCUT2D eigenvalue weighted by Crippen LogP contribution is -2.28. The van der Waals surface area contributed by atoms with Gasteiger partial charge >= 0.3 is 5.97 Å². The minimum Gasteiger partial charge on any atom is -0.488 e. The molecule has 1 aromatic rings. The molecule has 0 spiro atoms. The van der Waals surface area contributed by atoms with Crippen molar-refractivity contribution in [2.24, 2.45) is 0 Å². The van der Waals surface area contributed by atoms with Crippen molar-refractivity contribution in [2.45, 2.75) is 72.0 Å². The van der Waals surface area contributed by atoms with Gasteiger partial charge in [0.05, 0.1) is 32.8 Å². The van der Waals surface area contributed by atoms with E-state index in [0.717, 1.165) is 11.3 Å². The lowest BCUT2D eigenvalue weighted by atomic mass is 10.1. The van der Waals surface area contributed by atoms with Gasteiger partial charge < -0.3 is 24.3 Å². The second-order valence-corrected chi connectivity index (χ2v) is 9.27. The van der Waals surface area contributed by atoms with Gasteiger partial charge in [-0.1, -0.05) is 12.1 Å². The van der Waals surface area contributed by atoms with Crippen LogP contribution >= 0.6 is 0 Å². The molecule has 0 fully saturated rings. The second kappa shape index (κ2) is 13.3. The van der Waals surface area contributed by atoms with Gasteiger partial charge in [-0.05, 0) is 65.7 Å². The number of nitrogens with one attached hydrogen (secondary N) is 1. The van der Waals surface area contributed by atoms with Gasteiger partial charge in [0, 0.05) is 13.0 Å². The number of ether oxygens (including phenoxy) is 4. The predicted octanol–water partition coefficient (Wildman–Crippen LogP) is 3.68. The second-order valence-electron chi connectivity index (χ2n) is 9.27. The molecule has 0 atom stereocenters. The van der Waals surface area contributed by atoms with Crippen molar-refractivity contribution >= 4 is 11.9 Å². The van der Waals surface area contributed by atoms with E-state index in [0.29, 0.717) is 45.8 Å². The maximum Gasteiger partial charge on any atom is 0.308 e. The Labute approximate surface area is 186 Å². The minimum absolute atomic E-state index is 0.00720. The van der Waals surface area contributed by atoms with Crippen molar-refractivity contribution in [1.29, 1.82) is 0 Å². The van der Waals surface area contributed by atoms with Crippen molar-refractivity contribution in [3.05, 3.63) is 29.8 Å². The zero-order valence-electron chi connectivity index (χ0n) is 19.9. The quantitative estimate of drug-likeness (QED) is 0.374. The maximum absolute atomic E-state index is 11.9. The molecule has 0 aromatic heterocycles. The third-order valence-electron chi connectivity index (χ3n) is 3.80. The van der Waals surface area contributed by atoms with Crippen molar-refractivity contribution < 1.29 is 28.5 Å². The first-order chi connectivity index (χ1) is 14.4. The lowest BCUT2D eigenvalue weighted by Gasteiger charge is -2.21. The summed E-state index contributed by atoms with van der Waals surface area (Å²) in [5.74, 6) is 0.546. The molecule has 0 aliphatic heterocycles. The molecule has 0 heterocycles. The van der Waals surface area contributed by atoms with Gasteiger partial charge in [-0.2, -0.15) is 0 Å². The monoisotopic (exact) mass is 437 g/mol. The number of esters is 1. The van der Waals surface area contributed by atoms with E-state index < -0.39 is 5.60 Å². The predicted molar refractivity (Wildman–Crippen MR) is 120 cm³/mol. The fourth-order valence-electron chi connectivity index (χ4n) is 2.56. The molecule has 31 heavy (non-hydrogen) atoms. The van der Waals surface area contributed by atoms with Crippen LogP contribution in [0.4, 0.5) is 0 Å². The van der Waals surface area contributed by atoms with Gasteiger partial charge in [-0.15, -0.1) is 0 Å². The number of hydrogen-bond donors (Lipinski definition) is 1. The van der Waals surface area contributed by atoms with E-state index in [1.807, 2.05) is 65.8 Å². The maximum atomic E-state index is 11.9. The van der Waals surface area contributed by atoms with E-state index >= 15 is 0 Å². The molecule has 0 aliphatic carbocycles. The highest BCUT2D eigenvalue weighted by Gasteiger charge is 2.15. The standard InChI is InChI=1S/C24H39NO6/c1-23(2,3)30-20-10-7-19(8-11-20)9-12-21(26)25-14-16-29-18-17-28-15-13-22(27)31-24(4,5)6/h7-8,10-11H,9,12-18H2,1-6H3,(H,25,26). The zero-order chi connectivity index (χ0) is 23.3. The summed E-state index contributed by atoms with van der Waals surface area (Å²) in [7, 11) is 0. The molecule has 1 amide bonds. The highest BCUT2D eigenvalue weighted by molar-refractivity contribution is 5.76. The number of carbonyl (C=O) groups is 2. The van der Waals surface area contributed by atoms with Gasteiger partial charge in [0.15, 0.2) is 0 Å². The number of carbonyl (C=O) groups excluding carboxylic acids is 2. The summed E-state index contributed by atoms with van der Waals surface area (Å²) in [6.45, 7) is 13.5. The number of benzene rings is 1. The van der Waals surface area contributed by atoms with Crippen LogP contribution < -0.4 is 10.1 Å². The first-order valence-corrected chi connectivity index (χ1v) is 10.9. The zero-order valence-corrected chi connectivity index (χ0v) is 19.9. The van der Waals surface area contributed by atoms with Crippen molar-refractivity contribution in [3.8, 4) is 5.75 Å². The topological polar surface area (TPSA) is 83.1 Å². The highest BCUT2D eigenvalue weighted by atomic mass is 16.6. The van der Waals surface area contributed by atoms with Crippen LogP contribution in [0.1, 0.15) is 59.9 Å². The van der Waals surface area contributed by atoms with Gasteiger partial charge in [-0.3, -0.25) is 9.59 Å². The van der Waals surface area contributed by atoms with E-state index in [2.05, 4.69) is 5.32 Å².